The number of amides is 4. The number of hydrogen-bond acceptors (Lipinski definition) is 10. The van der Waals surface area contributed by atoms with Crippen molar-refractivity contribution in [2.24, 2.45) is 0 Å². The minimum atomic E-state index is -1.40. The van der Waals surface area contributed by atoms with Gasteiger partial charge in [-0.2, -0.15) is 0 Å². The summed E-state index contributed by atoms with van der Waals surface area (Å²) in [5.74, 6) is -3.77. The van der Waals surface area contributed by atoms with E-state index >= 15 is 0 Å². The summed E-state index contributed by atoms with van der Waals surface area (Å²) in [4.78, 5) is 83.6. The number of aromatic nitrogens is 1. The van der Waals surface area contributed by atoms with Crippen molar-refractivity contribution in [1.29, 1.82) is 0 Å². The number of nitrogens with zero attached hydrogens (tertiary/aromatic N) is 4. The van der Waals surface area contributed by atoms with Gasteiger partial charge in [-0.3, -0.25) is 19.2 Å². The molecule has 4 rings (SSSR count). The number of benzene rings is 1. The van der Waals surface area contributed by atoms with Crippen molar-refractivity contribution in [2.45, 2.75) is 44.4 Å². The average Bonchev–Trinajstić information content (AvgIpc) is 3.46. The maximum absolute atomic E-state index is 14.1. The number of carboxylic acid groups (broad SMARTS) is 1. The molecule has 0 unspecified atom stereocenters. The molecule has 46 heavy (non-hydrogen) atoms. The van der Waals surface area contributed by atoms with Gasteiger partial charge in [-0.15, -0.1) is 0 Å². The van der Waals surface area contributed by atoms with Gasteiger partial charge < -0.3 is 39.3 Å². The van der Waals surface area contributed by atoms with E-state index in [1.165, 1.54) is 15.9 Å². The van der Waals surface area contributed by atoms with Crippen LogP contribution in [0.1, 0.15) is 36.7 Å². The van der Waals surface area contributed by atoms with E-state index in [1.807, 2.05) is 0 Å². The molecule has 1 aromatic heterocycles. The summed E-state index contributed by atoms with van der Waals surface area (Å²) in [6.45, 7) is 1.76. The lowest BCUT2D eigenvalue weighted by molar-refractivity contribution is -0.151. The molecule has 3 heterocycles. The Hall–Kier alpha value is -5.02. The number of pyridine rings is 1. The summed E-state index contributed by atoms with van der Waals surface area (Å²) in [5, 5.41) is 12.3. The molecule has 248 valence electrons. The third-order valence-electron chi connectivity index (χ3n) is 7.67. The van der Waals surface area contributed by atoms with Crippen molar-refractivity contribution in [3.05, 3.63) is 36.0 Å². The molecule has 2 fully saturated rings. The third kappa shape index (κ3) is 8.17. The Morgan fingerprint density at radius 3 is 2.46 bits per heavy atom. The molecule has 2 aliphatic rings. The monoisotopic (exact) mass is 645 g/mol. The first-order valence-electron chi connectivity index (χ1n) is 14.8. The van der Waals surface area contributed by atoms with E-state index in [9.17, 15) is 38.3 Å². The normalized spacial score (nSPS) is 18.5. The Balaban J connectivity index is 1.50. The van der Waals surface area contributed by atoms with Gasteiger partial charge in [0, 0.05) is 50.5 Å². The van der Waals surface area contributed by atoms with E-state index in [4.69, 9.17) is 14.2 Å². The highest BCUT2D eigenvalue weighted by Crippen LogP contribution is 2.27. The highest BCUT2D eigenvalue weighted by atomic mass is 19.1. The minimum absolute atomic E-state index is 0.0956. The maximum Gasteiger partial charge on any atom is 0.409 e. The number of halogens is 1. The molecule has 0 aliphatic carbocycles. The Labute approximate surface area is 263 Å². The fourth-order valence-corrected chi connectivity index (χ4v) is 5.32. The van der Waals surface area contributed by atoms with Crippen molar-refractivity contribution >= 4 is 46.7 Å². The van der Waals surface area contributed by atoms with E-state index in [1.54, 1.807) is 31.2 Å². The SMILES string of the molecule is CCOC(=O)N1CCN(C(=O)[C@H](CCC(=O)O)NC(=O)c2cc(OCC(=O)N3C[C@@H](F)C[C@H]3C(=O)OC)c3ccccc3n2)CC1. The van der Waals surface area contributed by atoms with Crippen LogP contribution in [0.5, 0.6) is 5.75 Å². The lowest BCUT2D eigenvalue weighted by Gasteiger charge is -2.35. The number of alkyl halides is 1. The Kier molecular flexibility index (Phi) is 11.3. The molecule has 2 N–H and O–H groups in total. The highest BCUT2D eigenvalue weighted by Gasteiger charge is 2.40. The first-order chi connectivity index (χ1) is 22.0. The van der Waals surface area contributed by atoms with Crippen molar-refractivity contribution < 1.29 is 52.5 Å². The van der Waals surface area contributed by atoms with Crippen LogP contribution in [0.4, 0.5) is 9.18 Å². The largest absolute Gasteiger partial charge is 0.483 e. The number of methoxy groups -OCH3 is 1. The summed E-state index contributed by atoms with van der Waals surface area (Å²) >= 11 is 0. The summed E-state index contributed by atoms with van der Waals surface area (Å²) in [6.07, 6.45) is -2.68. The molecular weight excluding hydrogens is 609 g/mol. The van der Waals surface area contributed by atoms with Crippen LogP contribution in [-0.2, 0) is 28.7 Å². The molecule has 0 bridgehead atoms. The van der Waals surface area contributed by atoms with Gasteiger partial charge in [-0.25, -0.2) is 19.0 Å². The zero-order valence-electron chi connectivity index (χ0n) is 25.5. The number of carbonyl (C=O) groups is 6. The molecule has 0 radical (unpaired) electrons. The van der Waals surface area contributed by atoms with Crippen molar-refractivity contribution in [3.63, 3.8) is 0 Å². The second-order valence-electron chi connectivity index (χ2n) is 10.7. The van der Waals surface area contributed by atoms with Crippen molar-refractivity contribution in [1.82, 2.24) is 25.0 Å². The first kappa shape index (κ1) is 33.9. The molecule has 1 aromatic carbocycles. The number of aliphatic carboxylic acids is 1. The lowest BCUT2D eigenvalue weighted by Crippen LogP contribution is -2.56. The highest BCUT2D eigenvalue weighted by molar-refractivity contribution is 5.99. The summed E-state index contributed by atoms with van der Waals surface area (Å²) in [5.41, 5.74) is 0.164. The van der Waals surface area contributed by atoms with E-state index in [0.717, 1.165) is 12.0 Å². The lowest BCUT2D eigenvalue weighted by atomic mass is 10.1. The topological polar surface area (TPSA) is 185 Å². The minimum Gasteiger partial charge on any atom is -0.483 e. The predicted molar refractivity (Wildman–Crippen MR) is 158 cm³/mol. The summed E-state index contributed by atoms with van der Waals surface area (Å²) in [6, 6.07) is 5.62. The number of nitrogens with one attached hydrogen (secondary N) is 1. The quantitative estimate of drug-likeness (QED) is 0.332. The van der Waals surface area contributed by atoms with Crippen LogP contribution in [0.15, 0.2) is 30.3 Å². The number of para-hydroxylation sites is 1. The van der Waals surface area contributed by atoms with Crippen molar-refractivity contribution in [3.8, 4) is 5.75 Å². The summed E-state index contributed by atoms with van der Waals surface area (Å²) in [7, 11) is 1.15. The van der Waals surface area contributed by atoms with Crippen LogP contribution < -0.4 is 10.1 Å². The van der Waals surface area contributed by atoms with Gasteiger partial charge in [-0.1, -0.05) is 12.1 Å². The Morgan fingerprint density at radius 2 is 1.78 bits per heavy atom. The molecule has 16 heteroatoms. The molecule has 2 aromatic rings. The third-order valence-corrected chi connectivity index (χ3v) is 7.67. The second kappa shape index (κ2) is 15.3. The molecule has 0 spiro atoms. The number of ether oxygens (including phenoxy) is 3. The summed E-state index contributed by atoms with van der Waals surface area (Å²) < 4.78 is 29.5. The van der Waals surface area contributed by atoms with E-state index in [0.29, 0.717) is 10.9 Å². The number of fused-ring (bicyclic) bond motifs is 1. The average molecular weight is 646 g/mol. The zero-order chi connectivity index (χ0) is 33.4. The van der Waals surface area contributed by atoms with Crippen LogP contribution in [-0.4, -0.2) is 132 Å². The van der Waals surface area contributed by atoms with Gasteiger partial charge in [-0.05, 0) is 25.5 Å². The number of carbonyl (C=O) groups excluding carboxylic acids is 5. The number of piperazine rings is 1. The fraction of sp³-hybridized carbons (Fsp3) is 0.500. The molecule has 4 amide bonds. The molecule has 3 atom stereocenters. The number of carboxylic acids is 1. The fourth-order valence-electron chi connectivity index (χ4n) is 5.32. The van der Waals surface area contributed by atoms with Crippen LogP contribution in [0.25, 0.3) is 10.9 Å². The number of hydrogen-bond donors (Lipinski definition) is 2. The van der Waals surface area contributed by atoms with Gasteiger partial charge in [0.05, 0.1) is 25.8 Å². The van der Waals surface area contributed by atoms with Gasteiger partial charge >= 0.3 is 18.0 Å². The number of rotatable bonds is 11. The Morgan fingerprint density at radius 1 is 1.09 bits per heavy atom. The van der Waals surface area contributed by atoms with Crippen LogP contribution in [0, 0.1) is 0 Å². The smallest absolute Gasteiger partial charge is 0.409 e. The standard InChI is InChI=1S/C30H36FN5O10/c1-3-45-30(43)35-12-10-34(11-13-35)28(41)21(8-9-26(38)39)33-27(40)22-15-24(19-6-4-5-7-20(19)32-22)46-17-25(37)36-16-18(31)14-23(36)29(42)44-2/h4-7,15,18,21,23H,3,8-14,16-17H2,1-2H3,(H,33,40)(H,38,39)/t18-,21-,23-/m0/s1. The van der Waals surface area contributed by atoms with Crippen LogP contribution >= 0.6 is 0 Å². The van der Waals surface area contributed by atoms with Crippen LogP contribution in [0.2, 0.25) is 0 Å². The molecule has 2 aliphatic heterocycles. The number of esters is 1. The van der Waals surface area contributed by atoms with E-state index in [2.05, 4.69) is 10.3 Å². The molecule has 0 saturated carbocycles. The maximum atomic E-state index is 14.1. The molecular formula is C30H36FN5O10. The van der Waals surface area contributed by atoms with E-state index in [-0.39, 0.29) is 63.6 Å². The number of likely N-dealkylation sites (tertiary alicyclic amines) is 1. The van der Waals surface area contributed by atoms with Crippen molar-refractivity contribution in [2.75, 3.05) is 53.0 Å². The van der Waals surface area contributed by atoms with E-state index < -0.39 is 67.0 Å². The van der Waals surface area contributed by atoms with Gasteiger partial charge in [0.2, 0.25) is 5.91 Å². The zero-order valence-corrected chi connectivity index (χ0v) is 25.5. The molecule has 2 saturated heterocycles. The van der Waals surface area contributed by atoms with Gasteiger partial charge in [0.25, 0.3) is 11.8 Å². The Bertz CT molecular complexity index is 1480. The predicted octanol–water partition coefficient (Wildman–Crippen LogP) is 0.990. The second-order valence-corrected chi connectivity index (χ2v) is 10.7. The van der Waals surface area contributed by atoms with Gasteiger partial charge in [0.1, 0.15) is 29.7 Å². The molecule has 15 nitrogen and oxygen atoms in total. The van der Waals surface area contributed by atoms with Gasteiger partial charge in [0.15, 0.2) is 6.61 Å². The first-order valence-corrected chi connectivity index (χ1v) is 14.8. The van der Waals surface area contributed by atoms with Crippen LogP contribution in [0.3, 0.4) is 0 Å².